The standard InChI is InChI=1S/C63H100N10O13/c1-16-39(8)54(49(84-14)33-50(74)72-30-20-24-47(72)56(85-15)40(9)57(77)66-42(11)55(76)44-22-18-17-19-23-44)70(12)62(82)52(37(4)5)69-61(81)53(38(6)7)71(13)63(83)86-35-43-26-28-45(29-27-43)67-60(80)48-25-21-31-73(48)51(75)34-65-59(79)46(32-36(2)3)68-58(78)41(10)64/h17-19,22-23,26-29,36-42,46-49,52-56,76H,16,20-21,24-25,30-35,64H2,1-15H3,(H,65,79)(H,66,77)(H,67,80)(H,68,78)(H,69,81)/t39-,40+,41-,42+,46-,47-,48-,49+,52-,53-,54-,55+,56+/m0/s1. The molecule has 0 aliphatic carbocycles. The van der Waals surface area contributed by atoms with Gasteiger partial charge in [-0.1, -0.05) is 111 Å². The predicted octanol–water partition coefficient (Wildman–Crippen LogP) is 4.50. The molecule has 2 aliphatic heterocycles. The lowest BCUT2D eigenvalue weighted by atomic mass is 9.89. The van der Waals surface area contributed by atoms with Crippen molar-refractivity contribution >= 4 is 59.0 Å². The zero-order valence-corrected chi connectivity index (χ0v) is 53.4. The average Bonchev–Trinajstić information content (AvgIpc) is 3.24. The van der Waals surface area contributed by atoms with Crippen molar-refractivity contribution < 1.29 is 62.5 Å². The number of aliphatic hydroxyl groups is 1. The maximum Gasteiger partial charge on any atom is 0.410 e. The Balaban J connectivity index is 1.36. The molecule has 8 N–H and O–H groups in total. The third kappa shape index (κ3) is 19.7. The van der Waals surface area contributed by atoms with E-state index in [4.69, 9.17) is 19.9 Å². The van der Waals surface area contributed by atoms with E-state index in [-0.39, 0.29) is 43.2 Å². The molecule has 2 fully saturated rings. The third-order valence-corrected chi connectivity index (χ3v) is 16.7. The minimum atomic E-state index is -1.05. The van der Waals surface area contributed by atoms with Crippen LogP contribution in [0.1, 0.15) is 138 Å². The molecule has 86 heavy (non-hydrogen) atoms. The Kier molecular flexibility index (Phi) is 28.4. The van der Waals surface area contributed by atoms with Crippen LogP contribution >= 0.6 is 0 Å². The number of carbonyl (C=O) groups is 9. The van der Waals surface area contributed by atoms with Gasteiger partial charge in [-0.05, 0) is 92.9 Å². The molecule has 13 atom stereocenters. The second-order valence-corrected chi connectivity index (χ2v) is 24.5. The molecule has 2 aromatic rings. The first kappa shape index (κ1) is 71.8. The van der Waals surface area contributed by atoms with E-state index in [1.165, 1.54) is 38.0 Å². The predicted molar refractivity (Wildman–Crippen MR) is 326 cm³/mol. The lowest BCUT2D eigenvalue weighted by molar-refractivity contribution is -0.148. The number of aliphatic hydroxyl groups excluding tert-OH is 1. The van der Waals surface area contributed by atoms with Gasteiger partial charge in [-0.3, -0.25) is 43.3 Å². The second kappa shape index (κ2) is 34.0. The Bertz CT molecular complexity index is 2570. The minimum absolute atomic E-state index is 0.0699. The number of carbonyl (C=O) groups excluding carboxylic acids is 9. The molecule has 4 rings (SSSR count). The van der Waals surface area contributed by atoms with E-state index in [1.807, 2.05) is 59.7 Å². The maximum absolute atomic E-state index is 14.8. The third-order valence-electron chi connectivity index (χ3n) is 16.7. The Morgan fingerprint density at radius 2 is 1.35 bits per heavy atom. The van der Waals surface area contributed by atoms with E-state index in [0.29, 0.717) is 68.4 Å². The van der Waals surface area contributed by atoms with Crippen LogP contribution in [-0.2, 0) is 59.2 Å². The lowest BCUT2D eigenvalue weighted by Gasteiger charge is -2.41. The molecule has 23 heteroatoms. The van der Waals surface area contributed by atoms with E-state index in [2.05, 4.69) is 26.6 Å². The van der Waals surface area contributed by atoms with E-state index >= 15 is 0 Å². The summed E-state index contributed by atoms with van der Waals surface area (Å²) >= 11 is 0. The molecule has 2 heterocycles. The molecule has 0 aromatic heterocycles. The quantitative estimate of drug-likeness (QED) is 0.0547. The highest BCUT2D eigenvalue weighted by Crippen LogP contribution is 2.31. The van der Waals surface area contributed by atoms with Crippen molar-refractivity contribution in [2.75, 3.05) is 53.3 Å². The average molecular weight is 1210 g/mol. The molecular weight excluding hydrogens is 1100 g/mol. The Hall–Kier alpha value is -6.69. The molecule has 0 saturated carbocycles. The lowest BCUT2D eigenvalue weighted by Crippen LogP contribution is -2.60. The fraction of sp³-hybridized carbons (Fsp3) is 0.667. The summed E-state index contributed by atoms with van der Waals surface area (Å²) in [5.41, 5.74) is 7.37. The number of nitrogens with two attached hydrogens (primary N) is 1. The first-order valence-electron chi connectivity index (χ1n) is 30.5. The summed E-state index contributed by atoms with van der Waals surface area (Å²) < 4.78 is 17.7. The number of likely N-dealkylation sites (tertiary alicyclic amines) is 2. The van der Waals surface area contributed by atoms with Crippen LogP contribution in [0.2, 0.25) is 0 Å². The van der Waals surface area contributed by atoms with Crippen molar-refractivity contribution in [2.24, 2.45) is 35.3 Å². The van der Waals surface area contributed by atoms with Crippen molar-refractivity contribution in [1.29, 1.82) is 0 Å². The molecular formula is C63H100N10O13. The van der Waals surface area contributed by atoms with Gasteiger partial charge in [0.25, 0.3) is 0 Å². The summed E-state index contributed by atoms with van der Waals surface area (Å²) in [7, 11) is 6.13. The zero-order chi connectivity index (χ0) is 64.3. The van der Waals surface area contributed by atoms with Crippen LogP contribution in [0, 0.1) is 29.6 Å². The van der Waals surface area contributed by atoms with E-state index in [1.54, 1.807) is 80.9 Å². The summed E-state index contributed by atoms with van der Waals surface area (Å²) in [6.45, 7) is 20.2. The summed E-state index contributed by atoms with van der Waals surface area (Å²) in [5.74, 6) is -4.95. The van der Waals surface area contributed by atoms with Crippen molar-refractivity contribution in [3.8, 4) is 0 Å². The molecule has 0 spiro atoms. The Labute approximate surface area is 509 Å². The van der Waals surface area contributed by atoms with Crippen molar-refractivity contribution in [2.45, 2.75) is 194 Å². The van der Waals surface area contributed by atoms with E-state index in [0.717, 1.165) is 0 Å². The van der Waals surface area contributed by atoms with Crippen molar-refractivity contribution in [3.63, 3.8) is 0 Å². The van der Waals surface area contributed by atoms with Crippen LogP contribution in [0.15, 0.2) is 54.6 Å². The highest BCUT2D eigenvalue weighted by atomic mass is 16.6. The number of hydrogen-bond donors (Lipinski definition) is 7. The van der Waals surface area contributed by atoms with Gasteiger partial charge in [-0.2, -0.15) is 0 Å². The van der Waals surface area contributed by atoms with Gasteiger partial charge < -0.3 is 66.3 Å². The second-order valence-electron chi connectivity index (χ2n) is 24.5. The largest absolute Gasteiger partial charge is 0.445 e. The number of methoxy groups -OCH3 is 2. The first-order chi connectivity index (χ1) is 40.6. The highest BCUT2D eigenvalue weighted by Gasteiger charge is 2.44. The fourth-order valence-corrected chi connectivity index (χ4v) is 11.6. The molecule has 0 radical (unpaired) electrons. The molecule has 2 aromatic carbocycles. The number of hydrogen-bond acceptors (Lipinski definition) is 14. The van der Waals surface area contributed by atoms with Crippen LogP contribution in [0.5, 0.6) is 0 Å². The monoisotopic (exact) mass is 1200 g/mol. The van der Waals surface area contributed by atoms with Gasteiger partial charge >= 0.3 is 6.09 Å². The zero-order valence-electron chi connectivity index (χ0n) is 53.4. The summed E-state index contributed by atoms with van der Waals surface area (Å²) in [5, 5.41) is 24.9. The molecule has 2 aliphatic rings. The number of likely N-dealkylation sites (N-methyl/N-ethyl adjacent to an activating group) is 2. The van der Waals surface area contributed by atoms with Gasteiger partial charge in [0.15, 0.2) is 0 Å². The number of amides is 9. The van der Waals surface area contributed by atoms with Crippen LogP contribution in [0.3, 0.4) is 0 Å². The molecule has 9 amide bonds. The van der Waals surface area contributed by atoms with Gasteiger partial charge in [0, 0.05) is 47.1 Å². The number of rotatable bonds is 31. The van der Waals surface area contributed by atoms with Gasteiger partial charge in [0.2, 0.25) is 47.3 Å². The number of nitrogens with one attached hydrogen (secondary N) is 5. The highest BCUT2D eigenvalue weighted by molar-refractivity contribution is 5.98. The van der Waals surface area contributed by atoms with Crippen molar-refractivity contribution in [3.05, 3.63) is 65.7 Å². The van der Waals surface area contributed by atoms with E-state index in [9.17, 15) is 48.3 Å². The van der Waals surface area contributed by atoms with Crippen molar-refractivity contribution in [1.82, 2.24) is 40.9 Å². The van der Waals surface area contributed by atoms with Gasteiger partial charge in [-0.15, -0.1) is 0 Å². The van der Waals surface area contributed by atoms with Crippen LogP contribution in [0.4, 0.5) is 10.5 Å². The number of benzene rings is 2. The summed E-state index contributed by atoms with van der Waals surface area (Å²) in [6, 6.07) is 9.48. The SMILES string of the molecule is CC[C@H](C)[C@@H]([C@@H](CC(=O)N1CCC[C@H]1[C@H](OC)[C@@H](C)C(=O)N[C@H](C)[C@@H](O)c1ccccc1)OC)N(C)C(=O)[C@@H](NC(=O)[C@H](C(C)C)N(C)C(=O)OCc1ccc(NC(=O)[C@@H]2CCCN2C(=O)CNC(=O)[C@H](CC(C)C)NC(=O)[C@H](C)N)cc1)C(C)C. The van der Waals surface area contributed by atoms with Crippen LogP contribution in [0.25, 0.3) is 0 Å². The smallest absolute Gasteiger partial charge is 0.410 e. The molecule has 0 bridgehead atoms. The number of ether oxygens (including phenoxy) is 3. The van der Waals surface area contributed by atoms with Gasteiger partial charge in [0.1, 0.15) is 30.8 Å². The molecule has 23 nitrogen and oxygen atoms in total. The van der Waals surface area contributed by atoms with Crippen LogP contribution in [-0.4, -0.2) is 187 Å². The summed E-state index contributed by atoms with van der Waals surface area (Å²) in [4.78, 5) is 129. The molecule has 480 valence electrons. The van der Waals surface area contributed by atoms with Gasteiger partial charge in [0.05, 0.1) is 61.4 Å². The topological polar surface area (TPSA) is 301 Å². The minimum Gasteiger partial charge on any atom is -0.445 e. The normalized spacial score (nSPS) is 19.0. The number of nitrogens with zero attached hydrogens (tertiary/aromatic N) is 4. The van der Waals surface area contributed by atoms with Gasteiger partial charge in [-0.25, -0.2) is 4.79 Å². The first-order valence-corrected chi connectivity index (χ1v) is 30.5. The van der Waals surface area contributed by atoms with Crippen LogP contribution < -0.4 is 32.3 Å². The fourth-order valence-electron chi connectivity index (χ4n) is 11.6. The van der Waals surface area contributed by atoms with E-state index < -0.39 is 126 Å². The maximum atomic E-state index is 14.8. The molecule has 2 saturated heterocycles. The Morgan fingerprint density at radius 3 is 1.92 bits per heavy atom. The summed E-state index contributed by atoms with van der Waals surface area (Å²) in [6.07, 6.45) is 0.0552. The number of anilines is 1. The molecule has 0 unspecified atom stereocenters. The Morgan fingerprint density at radius 1 is 0.721 bits per heavy atom.